The number of unbranched alkanes of at least 4 members (excludes halogenated alkanes) is 1. The molecule has 0 radical (unpaired) electrons. The molecule has 0 saturated heterocycles. The maximum Gasteiger partial charge on any atom is 0.264 e. The van der Waals surface area contributed by atoms with Gasteiger partial charge in [-0.1, -0.05) is 50.8 Å². The molecule has 32 heavy (non-hydrogen) atoms. The number of benzene rings is 2. The van der Waals surface area contributed by atoms with E-state index in [4.69, 9.17) is 4.74 Å². The zero-order chi connectivity index (χ0) is 23.6. The Hall–Kier alpha value is -2.54. The van der Waals surface area contributed by atoms with E-state index in [1.165, 1.54) is 0 Å². The summed E-state index contributed by atoms with van der Waals surface area (Å²) in [5.41, 5.74) is 1.38. The molecule has 2 aromatic carbocycles. The Morgan fingerprint density at radius 2 is 1.69 bits per heavy atom. The van der Waals surface area contributed by atoms with Crippen LogP contribution in [0.4, 0.5) is 5.69 Å². The van der Waals surface area contributed by atoms with E-state index in [9.17, 15) is 13.2 Å². The van der Waals surface area contributed by atoms with Gasteiger partial charge in [-0.05, 0) is 62.6 Å². The normalized spacial score (nSPS) is 12.2. The molecule has 0 unspecified atom stereocenters. The van der Waals surface area contributed by atoms with E-state index in [0.29, 0.717) is 30.5 Å². The van der Waals surface area contributed by atoms with E-state index in [1.54, 1.807) is 48.5 Å². The Kier molecular flexibility index (Phi) is 10.0. The molecule has 0 aromatic heterocycles. The van der Waals surface area contributed by atoms with Crippen molar-refractivity contribution >= 4 is 21.6 Å². The second-order valence-electron chi connectivity index (χ2n) is 7.97. The van der Waals surface area contributed by atoms with E-state index in [-0.39, 0.29) is 17.3 Å². The molecule has 0 aliphatic carbocycles. The second-order valence-corrected chi connectivity index (χ2v) is 9.83. The fraction of sp³-hybridized carbons (Fsp3) is 0.480. The van der Waals surface area contributed by atoms with Crippen molar-refractivity contribution in [3.8, 4) is 5.75 Å². The third-order valence-electron chi connectivity index (χ3n) is 5.46. The number of ether oxygens (including phenoxy) is 1. The highest BCUT2D eigenvalue weighted by Crippen LogP contribution is 2.26. The molecular formula is C25H36N2O4S. The van der Waals surface area contributed by atoms with E-state index >= 15 is 0 Å². The van der Waals surface area contributed by atoms with Crippen molar-refractivity contribution in [3.05, 3.63) is 54.1 Å². The molecular weight excluding hydrogens is 424 g/mol. The number of nitrogens with one attached hydrogen (secondary N) is 1. The van der Waals surface area contributed by atoms with Crippen LogP contribution in [0.3, 0.4) is 0 Å². The topological polar surface area (TPSA) is 75.7 Å². The maximum atomic E-state index is 13.4. The minimum atomic E-state index is -3.92. The summed E-state index contributed by atoms with van der Waals surface area (Å²) in [4.78, 5) is 12.9. The lowest BCUT2D eigenvalue weighted by Crippen LogP contribution is -2.42. The highest BCUT2D eigenvalue weighted by Gasteiger charge is 2.27. The number of rotatable bonds is 13. The van der Waals surface area contributed by atoms with Crippen LogP contribution in [0.2, 0.25) is 0 Å². The summed E-state index contributed by atoms with van der Waals surface area (Å²) < 4.78 is 33.5. The Labute approximate surface area is 193 Å². The molecule has 1 amide bonds. The van der Waals surface area contributed by atoms with Crippen molar-refractivity contribution in [3.63, 3.8) is 0 Å². The molecule has 0 saturated carbocycles. The predicted molar refractivity (Wildman–Crippen MR) is 130 cm³/mol. The lowest BCUT2D eigenvalue weighted by molar-refractivity contribution is -0.119. The first-order valence-corrected chi connectivity index (χ1v) is 12.8. The van der Waals surface area contributed by atoms with Crippen LogP contribution in [0.25, 0.3) is 0 Å². The molecule has 0 aliphatic heterocycles. The molecule has 6 nitrogen and oxygen atoms in total. The van der Waals surface area contributed by atoms with Crippen LogP contribution in [0.5, 0.6) is 5.75 Å². The molecule has 1 N–H and O–H groups in total. The zero-order valence-corrected chi connectivity index (χ0v) is 20.5. The summed E-state index contributed by atoms with van der Waals surface area (Å²) in [5.74, 6) is 0.728. The van der Waals surface area contributed by atoms with Crippen LogP contribution >= 0.6 is 0 Å². The Morgan fingerprint density at radius 1 is 1.03 bits per heavy atom. The van der Waals surface area contributed by atoms with Gasteiger partial charge in [-0.3, -0.25) is 9.10 Å². The minimum Gasteiger partial charge on any atom is -0.494 e. The molecule has 7 heteroatoms. The van der Waals surface area contributed by atoms with E-state index in [2.05, 4.69) is 19.2 Å². The number of anilines is 1. The number of carbonyl (C=O) groups is 1. The van der Waals surface area contributed by atoms with Crippen molar-refractivity contribution in [1.29, 1.82) is 0 Å². The van der Waals surface area contributed by atoms with E-state index < -0.39 is 10.0 Å². The molecule has 0 heterocycles. The molecule has 0 fully saturated rings. The first kappa shape index (κ1) is 25.7. The van der Waals surface area contributed by atoms with Gasteiger partial charge in [0.2, 0.25) is 5.91 Å². The quantitative estimate of drug-likeness (QED) is 0.460. The number of amides is 1. The van der Waals surface area contributed by atoms with Crippen LogP contribution in [0, 0.1) is 12.8 Å². The Bertz CT molecular complexity index is 941. The van der Waals surface area contributed by atoms with Gasteiger partial charge in [0.05, 0.1) is 17.2 Å². The van der Waals surface area contributed by atoms with Crippen molar-refractivity contribution in [2.45, 2.75) is 58.3 Å². The largest absolute Gasteiger partial charge is 0.494 e. The number of nitrogens with zero attached hydrogens (tertiary/aromatic N) is 1. The third-order valence-corrected chi connectivity index (χ3v) is 7.25. The number of hydrogen-bond donors (Lipinski definition) is 1. The monoisotopic (exact) mass is 460 g/mol. The van der Waals surface area contributed by atoms with Crippen LogP contribution in [0.15, 0.2) is 53.4 Å². The molecule has 2 rings (SSSR count). The SMILES string of the molecule is CCCC[C@@H](CC)CNC(=O)CN(c1ccc(OCC)cc1)S(=O)(=O)c1ccc(C)cc1. The molecule has 176 valence electrons. The van der Waals surface area contributed by atoms with Crippen molar-refractivity contribution in [2.24, 2.45) is 5.92 Å². The van der Waals surface area contributed by atoms with Gasteiger partial charge in [-0.15, -0.1) is 0 Å². The van der Waals surface area contributed by atoms with Gasteiger partial charge in [-0.25, -0.2) is 8.42 Å². The lowest BCUT2D eigenvalue weighted by Gasteiger charge is -2.25. The summed E-state index contributed by atoms with van der Waals surface area (Å²) in [5, 5.41) is 2.94. The number of carbonyl (C=O) groups excluding carboxylic acids is 1. The molecule has 0 aliphatic rings. The summed E-state index contributed by atoms with van der Waals surface area (Å²) in [6, 6.07) is 13.4. The fourth-order valence-corrected chi connectivity index (χ4v) is 4.84. The summed E-state index contributed by atoms with van der Waals surface area (Å²) in [6.45, 7) is 8.83. The van der Waals surface area contributed by atoms with Crippen LogP contribution < -0.4 is 14.4 Å². The van der Waals surface area contributed by atoms with Crippen LogP contribution in [0.1, 0.15) is 52.0 Å². The highest BCUT2D eigenvalue weighted by atomic mass is 32.2. The van der Waals surface area contributed by atoms with Gasteiger partial charge in [-0.2, -0.15) is 0 Å². The summed E-state index contributed by atoms with van der Waals surface area (Å²) >= 11 is 0. The zero-order valence-electron chi connectivity index (χ0n) is 19.6. The average Bonchev–Trinajstić information content (AvgIpc) is 2.78. The predicted octanol–water partition coefficient (Wildman–Crippen LogP) is 4.92. The Balaban J connectivity index is 2.25. The van der Waals surface area contributed by atoms with Gasteiger partial charge in [0, 0.05) is 6.54 Å². The van der Waals surface area contributed by atoms with E-state index in [0.717, 1.165) is 35.6 Å². The van der Waals surface area contributed by atoms with Crippen molar-refractivity contribution in [1.82, 2.24) is 5.32 Å². The van der Waals surface area contributed by atoms with Crippen molar-refractivity contribution < 1.29 is 17.9 Å². The van der Waals surface area contributed by atoms with Gasteiger partial charge < -0.3 is 10.1 Å². The number of aryl methyl sites for hydroxylation is 1. The minimum absolute atomic E-state index is 0.152. The fourth-order valence-electron chi connectivity index (χ4n) is 3.42. The highest BCUT2D eigenvalue weighted by molar-refractivity contribution is 7.92. The third kappa shape index (κ3) is 7.26. The van der Waals surface area contributed by atoms with Gasteiger partial charge >= 0.3 is 0 Å². The standard InChI is InChI=1S/C25H36N2O4S/c1-5-8-9-21(6-2)18-26-25(28)19-27(22-12-14-23(15-13-22)31-7-3)32(29,30)24-16-10-20(4)11-17-24/h10-17,21H,5-9,18-19H2,1-4H3,(H,26,28)/t21-/m1/s1. The average molecular weight is 461 g/mol. The lowest BCUT2D eigenvalue weighted by atomic mass is 9.99. The van der Waals surface area contributed by atoms with Crippen molar-refractivity contribution in [2.75, 3.05) is 24.0 Å². The molecule has 2 aromatic rings. The summed E-state index contributed by atoms with van der Waals surface area (Å²) in [6.07, 6.45) is 4.27. The molecule has 0 bridgehead atoms. The molecule has 0 spiro atoms. The maximum absolute atomic E-state index is 13.4. The number of hydrogen-bond acceptors (Lipinski definition) is 4. The summed E-state index contributed by atoms with van der Waals surface area (Å²) in [7, 11) is -3.92. The number of sulfonamides is 1. The van der Waals surface area contributed by atoms with Gasteiger partial charge in [0.15, 0.2) is 0 Å². The van der Waals surface area contributed by atoms with Crippen LogP contribution in [-0.2, 0) is 14.8 Å². The Morgan fingerprint density at radius 3 is 2.25 bits per heavy atom. The van der Waals surface area contributed by atoms with Gasteiger partial charge in [0.1, 0.15) is 12.3 Å². The smallest absolute Gasteiger partial charge is 0.264 e. The van der Waals surface area contributed by atoms with Crippen LogP contribution in [-0.4, -0.2) is 34.0 Å². The first-order valence-electron chi connectivity index (χ1n) is 11.4. The second kappa shape index (κ2) is 12.5. The first-order chi connectivity index (χ1) is 15.3. The van der Waals surface area contributed by atoms with Gasteiger partial charge in [0.25, 0.3) is 10.0 Å². The van der Waals surface area contributed by atoms with E-state index in [1.807, 2.05) is 13.8 Å². The molecule has 1 atom stereocenters.